The Balaban J connectivity index is 1.65. The molecule has 4 nitrogen and oxygen atoms in total. The average Bonchev–Trinajstić information content (AvgIpc) is 2.37. The molecular formula is C14H21NO3Si. The number of nitrogens with zero attached hydrogens (tertiary/aromatic N) is 1. The van der Waals surface area contributed by atoms with E-state index in [0.717, 1.165) is 51.9 Å². The summed E-state index contributed by atoms with van der Waals surface area (Å²) in [6.07, 6.45) is 0.969. The summed E-state index contributed by atoms with van der Waals surface area (Å²) in [5, 5.41) is 0. The van der Waals surface area contributed by atoms with Crippen molar-refractivity contribution in [3.8, 4) is 0 Å². The zero-order valence-corrected chi connectivity index (χ0v) is 12.2. The first-order valence-electron chi connectivity index (χ1n) is 7.04. The summed E-state index contributed by atoms with van der Waals surface area (Å²) in [6, 6.07) is 11.4. The van der Waals surface area contributed by atoms with Gasteiger partial charge in [0.15, 0.2) is 0 Å². The fourth-order valence-corrected chi connectivity index (χ4v) is 5.09. The van der Waals surface area contributed by atoms with Gasteiger partial charge in [-0.3, -0.25) is 4.90 Å². The van der Waals surface area contributed by atoms with Gasteiger partial charge in [-0.15, -0.1) is 0 Å². The molecule has 0 saturated carbocycles. The van der Waals surface area contributed by atoms with Crippen LogP contribution < -0.4 is 0 Å². The van der Waals surface area contributed by atoms with Crippen molar-refractivity contribution >= 4 is 8.80 Å². The molecule has 3 heterocycles. The predicted molar refractivity (Wildman–Crippen MR) is 75.0 cm³/mol. The standard InChI is InChI=1S/C14H21NO3Si/c1-2-4-14(5-3-1)6-13-19-16-10-7-15(8-11-17-19)9-12-18-19/h1-5H,6-13H2. The maximum absolute atomic E-state index is 6.02. The second-order valence-electron chi connectivity index (χ2n) is 5.06. The van der Waals surface area contributed by atoms with Gasteiger partial charge in [-0.1, -0.05) is 30.3 Å². The van der Waals surface area contributed by atoms with E-state index in [4.69, 9.17) is 13.3 Å². The lowest BCUT2D eigenvalue weighted by atomic mass is 10.2. The smallest absolute Gasteiger partial charge is 0.372 e. The molecule has 1 aromatic rings. The van der Waals surface area contributed by atoms with Crippen molar-refractivity contribution in [1.29, 1.82) is 0 Å². The van der Waals surface area contributed by atoms with Gasteiger partial charge in [0.1, 0.15) is 0 Å². The quantitative estimate of drug-likeness (QED) is 0.786. The zero-order chi connectivity index (χ0) is 13.0. The second kappa shape index (κ2) is 6.15. The van der Waals surface area contributed by atoms with Crippen molar-refractivity contribution in [2.45, 2.75) is 12.5 Å². The Bertz CT molecular complexity index is 374. The fourth-order valence-electron chi connectivity index (χ4n) is 2.61. The molecule has 4 rings (SSSR count). The molecule has 5 heteroatoms. The van der Waals surface area contributed by atoms with E-state index < -0.39 is 8.80 Å². The Hall–Kier alpha value is -0.723. The van der Waals surface area contributed by atoms with Gasteiger partial charge in [0.25, 0.3) is 0 Å². The van der Waals surface area contributed by atoms with Gasteiger partial charge in [0, 0.05) is 25.7 Å². The molecule has 3 fully saturated rings. The molecule has 0 aliphatic carbocycles. The van der Waals surface area contributed by atoms with E-state index in [2.05, 4.69) is 29.2 Å². The van der Waals surface area contributed by atoms with Crippen molar-refractivity contribution in [2.24, 2.45) is 0 Å². The van der Waals surface area contributed by atoms with Crippen LogP contribution >= 0.6 is 0 Å². The maximum atomic E-state index is 6.02. The molecule has 0 radical (unpaired) electrons. The first-order valence-corrected chi connectivity index (χ1v) is 8.98. The highest BCUT2D eigenvalue weighted by molar-refractivity contribution is 6.60. The van der Waals surface area contributed by atoms with Crippen LogP contribution in [0.25, 0.3) is 0 Å². The Morgan fingerprint density at radius 2 is 1.47 bits per heavy atom. The minimum Gasteiger partial charge on any atom is -0.372 e. The second-order valence-corrected chi connectivity index (χ2v) is 7.79. The third-order valence-corrected chi connectivity index (χ3v) is 6.55. The van der Waals surface area contributed by atoms with Crippen LogP contribution in [0.3, 0.4) is 0 Å². The number of aryl methyl sites for hydroxylation is 1. The maximum Gasteiger partial charge on any atom is 0.501 e. The Morgan fingerprint density at radius 1 is 0.895 bits per heavy atom. The van der Waals surface area contributed by atoms with E-state index in [1.54, 1.807) is 0 Å². The number of hydrogen-bond acceptors (Lipinski definition) is 4. The molecule has 0 aromatic heterocycles. The van der Waals surface area contributed by atoms with Crippen LogP contribution in [0.5, 0.6) is 0 Å². The van der Waals surface area contributed by atoms with Crippen LogP contribution in [-0.4, -0.2) is 53.2 Å². The largest absolute Gasteiger partial charge is 0.501 e. The number of fused-ring (bicyclic) bond motifs is 6. The normalized spacial score (nSPS) is 31.5. The Morgan fingerprint density at radius 3 is 2.05 bits per heavy atom. The summed E-state index contributed by atoms with van der Waals surface area (Å²) < 4.78 is 18.0. The van der Waals surface area contributed by atoms with Gasteiger partial charge < -0.3 is 13.3 Å². The highest BCUT2D eigenvalue weighted by Crippen LogP contribution is 2.22. The first-order chi connectivity index (χ1) is 9.36. The highest BCUT2D eigenvalue weighted by Gasteiger charge is 2.43. The van der Waals surface area contributed by atoms with Gasteiger partial charge >= 0.3 is 8.80 Å². The molecule has 2 bridgehead atoms. The molecule has 0 amide bonds. The number of hydrogen-bond donors (Lipinski definition) is 0. The van der Waals surface area contributed by atoms with Crippen LogP contribution in [-0.2, 0) is 19.7 Å². The van der Waals surface area contributed by atoms with E-state index in [9.17, 15) is 0 Å². The molecule has 3 aliphatic heterocycles. The lowest BCUT2D eigenvalue weighted by molar-refractivity contribution is -0.00818. The SMILES string of the molecule is c1ccc(CC[Si]23OCCN(CCO2)CCO3)cc1. The summed E-state index contributed by atoms with van der Waals surface area (Å²) in [4.78, 5) is 2.34. The zero-order valence-electron chi connectivity index (χ0n) is 11.2. The van der Waals surface area contributed by atoms with Crippen LogP contribution in [0, 0.1) is 0 Å². The van der Waals surface area contributed by atoms with E-state index in [-0.39, 0.29) is 0 Å². The molecule has 3 saturated heterocycles. The summed E-state index contributed by atoms with van der Waals surface area (Å²) in [5.41, 5.74) is 1.32. The third-order valence-electron chi connectivity index (χ3n) is 3.75. The molecule has 19 heavy (non-hydrogen) atoms. The Labute approximate surface area is 115 Å². The lowest BCUT2D eigenvalue weighted by Gasteiger charge is -2.38. The summed E-state index contributed by atoms with van der Waals surface area (Å²) >= 11 is 0. The monoisotopic (exact) mass is 279 g/mol. The minimum absolute atomic E-state index is 0.737. The summed E-state index contributed by atoms with van der Waals surface area (Å²) in [7, 11) is -2.44. The van der Waals surface area contributed by atoms with Gasteiger partial charge in [0.05, 0.1) is 19.8 Å². The molecule has 3 aliphatic rings. The van der Waals surface area contributed by atoms with Crippen molar-refractivity contribution in [3.05, 3.63) is 35.9 Å². The van der Waals surface area contributed by atoms with Crippen LogP contribution in [0.1, 0.15) is 5.56 Å². The third kappa shape index (κ3) is 3.43. The molecule has 104 valence electrons. The number of benzene rings is 1. The molecule has 0 spiro atoms. The van der Waals surface area contributed by atoms with E-state index >= 15 is 0 Å². The van der Waals surface area contributed by atoms with Gasteiger partial charge in [-0.2, -0.15) is 0 Å². The van der Waals surface area contributed by atoms with Crippen LogP contribution in [0.4, 0.5) is 0 Å². The van der Waals surface area contributed by atoms with Crippen LogP contribution in [0.2, 0.25) is 6.04 Å². The van der Waals surface area contributed by atoms with Crippen molar-refractivity contribution in [1.82, 2.24) is 4.90 Å². The molecule has 0 unspecified atom stereocenters. The molecule has 0 N–H and O–H groups in total. The number of rotatable bonds is 3. The topological polar surface area (TPSA) is 30.9 Å². The van der Waals surface area contributed by atoms with E-state index in [1.807, 2.05) is 6.07 Å². The fraction of sp³-hybridized carbons (Fsp3) is 0.571. The van der Waals surface area contributed by atoms with E-state index in [1.165, 1.54) is 5.56 Å². The van der Waals surface area contributed by atoms with Gasteiger partial charge in [0.2, 0.25) is 0 Å². The van der Waals surface area contributed by atoms with Crippen molar-refractivity contribution < 1.29 is 13.3 Å². The Kier molecular flexibility index (Phi) is 4.30. The highest BCUT2D eigenvalue weighted by atomic mass is 28.4. The molecule has 1 aromatic carbocycles. The van der Waals surface area contributed by atoms with Crippen molar-refractivity contribution in [3.63, 3.8) is 0 Å². The molecular weight excluding hydrogens is 258 g/mol. The van der Waals surface area contributed by atoms with Gasteiger partial charge in [-0.25, -0.2) is 0 Å². The summed E-state index contributed by atoms with van der Waals surface area (Å²) in [6.45, 7) is 5.23. The minimum atomic E-state index is -2.44. The first kappa shape index (κ1) is 13.3. The summed E-state index contributed by atoms with van der Waals surface area (Å²) in [5.74, 6) is 0. The predicted octanol–water partition coefficient (Wildman–Crippen LogP) is 1.55. The molecule has 0 atom stereocenters. The van der Waals surface area contributed by atoms with Crippen LogP contribution in [0.15, 0.2) is 30.3 Å². The average molecular weight is 279 g/mol. The van der Waals surface area contributed by atoms with Crippen molar-refractivity contribution in [2.75, 3.05) is 39.5 Å². The van der Waals surface area contributed by atoms with E-state index in [0.29, 0.717) is 0 Å². The lowest BCUT2D eigenvalue weighted by Crippen LogP contribution is -2.55. The van der Waals surface area contributed by atoms with Gasteiger partial charge in [-0.05, 0) is 12.0 Å².